The fourth-order valence-electron chi connectivity index (χ4n) is 4.80. The van der Waals surface area contributed by atoms with Gasteiger partial charge in [0, 0.05) is 21.9 Å². The fraction of sp³-hybridized carbons (Fsp3) is 0.0323. The van der Waals surface area contributed by atoms with Gasteiger partial charge >= 0.3 is 0 Å². The number of pyridine rings is 1. The maximum atomic E-state index is 13.8. The van der Waals surface area contributed by atoms with Crippen LogP contribution in [0.1, 0.15) is 5.56 Å². The zero-order valence-corrected chi connectivity index (χ0v) is 18.6. The number of hydrogen-bond donors (Lipinski definition) is 0. The summed E-state index contributed by atoms with van der Waals surface area (Å²) in [6, 6.07) is 30.7. The third-order valence-corrected chi connectivity index (χ3v) is 6.43. The number of aromatic nitrogens is 1. The minimum atomic E-state index is -0.0973. The summed E-state index contributed by atoms with van der Waals surface area (Å²) in [6.07, 6.45) is 5.88. The molecule has 34 heavy (non-hydrogen) atoms. The van der Waals surface area contributed by atoms with Crippen LogP contribution in [0.4, 0.5) is 0 Å². The standard InChI is InChI=1S/C31H22N2O/c1-21-10-8-15-24(22-11-4-2-5-12-22)20-32-30-27-17-9-16-26-25(23-13-6-3-7-14-23)18-19-28(29(26)27)31(34)33(21)30/h2-19H,1,20H2/b10-8-,24-15+,32-30?. The van der Waals surface area contributed by atoms with Gasteiger partial charge in [-0.1, -0.05) is 104 Å². The second-order valence-corrected chi connectivity index (χ2v) is 8.44. The van der Waals surface area contributed by atoms with Crippen molar-refractivity contribution in [2.45, 2.75) is 0 Å². The van der Waals surface area contributed by atoms with Gasteiger partial charge < -0.3 is 0 Å². The van der Waals surface area contributed by atoms with Crippen molar-refractivity contribution in [2.75, 3.05) is 6.54 Å². The summed E-state index contributed by atoms with van der Waals surface area (Å²) in [7, 11) is 0. The first-order valence-electron chi connectivity index (χ1n) is 11.3. The molecule has 0 saturated carbocycles. The lowest BCUT2D eigenvalue weighted by atomic mass is 9.94. The van der Waals surface area contributed by atoms with Crippen LogP contribution in [0.5, 0.6) is 0 Å². The molecule has 0 unspecified atom stereocenters. The second-order valence-electron chi connectivity index (χ2n) is 8.44. The maximum Gasteiger partial charge on any atom is 0.264 e. The first-order valence-corrected chi connectivity index (χ1v) is 11.3. The molecule has 0 atom stereocenters. The van der Waals surface area contributed by atoms with Crippen LogP contribution in [0.2, 0.25) is 0 Å². The van der Waals surface area contributed by atoms with Crippen LogP contribution in [0.3, 0.4) is 0 Å². The average Bonchev–Trinajstić information content (AvgIpc) is 2.97. The quantitative estimate of drug-likeness (QED) is 0.319. The van der Waals surface area contributed by atoms with Crippen LogP contribution >= 0.6 is 0 Å². The van der Waals surface area contributed by atoms with E-state index in [4.69, 9.17) is 4.99 Å². The summed E-state index contributed by atoms with van der Waals surface area (Å²) in [5, 5.41) is 3.63. The highest BCUT2D eigenvalue weighted by Gasteiger charge is 2.17. The van der Waals surface area contributed by atoms with Crippen molar-refractivity contribution in [2.24, 2.45) is 4.99 Å². The van der Waals surface area contributed by atoms with E-state index in [0.717, 1.165) is 38.4 Å². The van der Waals surface area contributed by atoms with E-state index < -0.39 is 0 Å². The Labute approximate surface area is 197 Å². The van der Waals surface area contributed by atoms with Crippen molar-refractivity contribution in [1.29, 1.82) is 0 Å². The van der Waals surface area contributed by atoms with Crippen molar-refractivity contribution in [1.82, 2.24) is 4.57 Å². The summed E-state index contributed by atoms with van der Waals surface area (Å²) in [4.78, 5) is 18.8. The van der Waals surface area contributed by atoms with E-state index in [-0.39, 0.29) is 5.56 Å². The van der Waals surface area contributed by atoms with Crippen LogP contribution < -0.4 is 11.0 Å². The molecule has 5 aromatic rings. The highest BCUT2D eigenvalue weighted by Crippen LogP contribution is 2.32. The Kier molecular flexibility index (Phi) is 4.81. The SMILES string of the molecule is C=C1/C=C\C=C(\c2ccccc2)CN=c2c3cccc4c(-c5ccccc5)ccc(c(=O)n21)c43. The molecule has 0 bridgehead atoms. The molecule has 0 saturated heterocycles. The van der Waals surface area contributed by atoms with E-state index in [1.54, 1.807) is 4.57 Å². The molecular weight excluding hydrogens is 416 g/mol. The summed E-state index contributed by atoms with van der Waals surface area (Å²) in [5.41, 5.74) is 5.58. The second kappa shape index (κ2) is 8.13. The molecule has 0 fully saturated rings. The molecule has 4 aromatic carbocycles. The van der Waals surface area contributed by atoms with Crippen molar-refractivity contribution in [3.05, 3.63) is 137 Å². The Morgan fingerprint density at radius 1 is 0.735 bits per heavy atom. The van der Waals surface area contributed by atoms with Gasteiger partial charge in [0.2, 0.25) is 0 Å². The van der Waals surface area contributed by atoms with Crippen LogP contribution in [-0.2, 0) is 0 Å². The molecular formula is C31H22N2O. The van der Waals surface area contributed by atoms with Crippen molar-refractivity contribution in [3.8, 4) is 11.1 Å². The van der Waals surface area contributed by atoms with E-state index in [2.05, 4.69) is 49.1 Å². The molecule has 0 spiro atoms. The van der Waals surface area contributed by atoms with E-state index >= 15 is 0 Å². The zero-order valence-electron chi connectivity index (χ0n) is 18.6. The van der Waals surface area contributed by atoms with Gasteiger partial charge in [0.1, 0.15) is 5.49 Å². The van der Waals surface area contributed by atoms with Gasteiger partial charge in [-0.05, 0) is 39.8 Å². The van der Waals surface area contributed by atoms with Gasteiger partial charge in [-0.2, -0.15) is 0 Å². The van der Waals surface area contributed by atoms with Gasteiger partial charge in [0.05, 0.1) is 6.54 Å². The molecule has 0 radical (unpaired) electrons. The molecule has 2 heterocycles. The van der Waals surface area contributed by atoms with Crippen LogP contribution in [0.25, 0.3) is 43.9 Å². The molecule has 3 heteroatoms. The molecule has 1 aromatic heterocycles. The van der Waals surface area contributed by atoms with Crippen LogP contribution in [-0.4, -0.2) is 11.1 Å². The van der Waals surface area contributed by atoms with Gasteiger partial charge in [-0.15, -0.1) is 0 Å². The Morgan fingerprint density at radius 3 is 2.21 bits per heavy atom. The van der Waals surface area contributed by atoms with Gasteiger partial charge in [-0.3, -0.25) is 14.4 Å². The fourth-order valence-corrected chi connectivity index (χ4v) is 4.80. The molecule has 162 valence electrons. The monoisotopic (exact) mass is 438 g/mol. The van der Waals surface area contributed by atoms with Crippen molar-refractivity contribution < 1.29 is 0 Å². The Bertz CT molecular complexity index is 1740. The highest BCUT2D eigenvalue weighted by molar-refractivity contribution is 6.14. The maximum absolute atomic E-state index is 13.8. The van der Waals surface area contributed by atoms with Crippen LogP contribution in [0.15, 0.2) is 126 Å². The largest absolute Gasteiger partial charge is 0.268 e. The number of benzene rings is 4. The summed E-state index contributed by atoms with van der Waals surface area (Å²) in [5.74, 6) is 0. The first-order chi connectivity index (χ1) is 16.7. The minimum Gasteiger partial charge on any atom is -0.268 e. The molecule has 3 nitrogen and oxygen atoms in total. The predicted octanol–water partition coefficient (Wildman–Crippen LogP) is 6.28. The molecule has 0 N–H and O–H groups in total. The Morgan fingerprint density at radius 2 is 1.44 bits per heavy atom. The smallest absolute Gasteiger partial charge is 0.264 e. The lowest BCUT2D eigenvalue weighted by Gasteiger charge is -2.15. The van der Waals surface area contributed by atoms with Crippen molar-refractivity contribution in [3.63, 3.8) is 0 Å². The van der Waals surface area contributed by atoms with E-state index in [1.807, 2.05) is 66.7 Å². The lowest BCUT2D eigenvalue weighted by Crippen LogP contribution is -2.33. The summed E-state index contributed by atoms with van der Waals surface area (Å²) < 4.78 is 1.65. The zero-order chi connectivity index (χ0) is 23.1. The number of rotatable bonds is 2. The Balaban J connectivity index is 1.68. The van der Waals surface area contributed by atoms with Gasteiger partial charge in [0.25, 0.3) is 5.56 Å². The molecule has 0 aliphatic carbocycles. The number of fused-ring (bicyclic) bond motifs is 2. The number of allylic oxidation sites excluding steroid dienone is 4. The van der Waals surface area contributed by atoms with Gasteiger partial charge in [-0.25, -0.2) is 0 Å². The third kappa shape index (κ3) is 3.22. The normalized spacial score (nSPS) is 16.1. The highest BCUT2D eigenvalue weighted by atomic mass is 16.1. The van der Waals surface area contributed by atoms with Gasteiger partial charge in [0.15, 0.2) is 0 Å². The first kappa shape index (κ1) is 20.1. The number of hydrogen-bond acceptors (Lipinski definition) is 2. The third-order valence-electron chi connectivity index (χ3n) is 6.43. The summed E-state index contributed by atoms with van der Waals surface area (Å²) >= 11 is 0. The predicted molar refractivity (Wildman–Crippen MR) is 142 cm³/mol. The van der Waals surface area contributed by atoms with E-state index in [1.165, 1.54) is 0 Å². The molecule has 6 rings (SSSR count). The Hall–Kier alpha value is -4.50. The molecule has 0 amide bonds. The topological polar surface area (TPSA) is 34.4 Å². The average molecular weight is 439 g/mol. The number of nitrogens with zero attached hydrogens (tertiary/aromatic N) is 2. The van der Waals surface area contributed by atoms with E-state index in [0.29, 0.717) is 23.1 Å². The molecule has 1 aliphatic heterocycles. The molecule has 1 aliphatic rings. The lowest BCUT2D eigenvalue weighted by molar-refractivity contribution is 0.943. The van der Waals surface area contributed by atoms with E-state index in [9.17, 15) is 4.79 Å². The minimum absolute atomic E-state index is 0.0973. The van der Waals surface area contributed by atoms with Crippen molar-refractivity contribution >= 4 is 32.8 Å². The summed E-state index contributed by atoms with van der Waals surface area (Å²) in [6.45, 7) is 4.66. The van der Waals surface area contributed by atoms with Crippen LogP contribution in [0, 0.1) is 0 Å².